The quantitative estimate of drug-likeness (QED) is 0.621. The number of methoxy groups -OCH3 is 1. The lowest BCUT2D eigenvalue weighted by molar-refractivity contribution is 0.0976. The van der Waals surface area contributed by atoms with Crippen molar-refractivity contribution in [1.82, 2.24) is 14.9 Å². The maximum absolute atomic E-state index is 5.52. The van der Waals surface area contributed by atoms with E-state index in [1.807, 2.05) is 6.33 Å². The molecule has 110 valence electrons. The lowest BCUT2D eigenvalue weighted by atomic mass is 10.2. The maximum Gasteiger partial charge on any atom is 0.0950 e. The predicted octanol–water partition coefficient (Wildman–Crippen LogP) is 1.68. The minimum absolute atomic E-state index is 0.669. The average molecular weight is 269 g/mol. The molecule has 0 aliphatic rings. The highest BCUT2D eigenvalue weighted by atomic mass is 16.5. The van der Waals surface area contributed by atoms with Crippen molar-refractivity contribution in [2.24, 2.45) is 5.92 Å². The molecule has 1 N–H and O–H groups in total. The summed E-state index contributed by atoms with van der Waals surface area (Å²) < 4.78 is 12.6. The van der Waals surface area contributed by atoms with Gasteiger partial charge in [0.15, 0.2) is 0 Å². The molecule has 0 spiro atoms. The highest BCUT2D eigenvalue weighted by Crippen LogP contribution is 1.97. The standard InChI is InChI=1S/C14H27N3O2/c1-13(2)9-15-10-14-11-17(12-16-14)5-8-19-7-4-6-18-3/h11-13,15H,4-10H2,1-3H3. The first-order chi connectivity index (χ1) is 9.22. The third-order valence-corrected chi connectivity index (χ3v) is 2.68. The fourth-order valence-electron chi connectivity index (χ4n) is 1.69. The van der Waals surface area contributed by atoms with Crippen LogP contribution in [0.4, 0.5) is 0 Å². The molecule has 1 heterocycles. The fraction of sp³-hybridized carbons (Fsp3) is 0.786. The Kier molecular flexibility index (Phi) is 8.45. The molecule has 0 radical (unpaired) electrons. The van der Waals surface area contributed by atoms with Gasteiger partial charge >= 0.3 is 0 Å². The van der Waals surface area contributed by atoms with E-state index >= 15 is 0 Å². The lowest BCUT2D eigenvalue weighted by Gasteiger charge is -2.05. The molecule has 5 nitrogen and oxygen atoms in total. The number of rotatable bonds is 11. The van der Waals surface area contributed by atoms with Crippen LogP contribution in [0.15, 0.2) is 12.5 Å². The van der Waals surface area contributed by atoms with Crippen molar-refractivity contribution in [3.8, 4) is 0 Å². The van der Waals surface area contributed by atoms with E-state index in [9.17, 15) is 0 Å². The van der Waals surface area contributed by atoms with Gasteiger partial charge in [0.1, 0.15) is 0 Å². The minimum Gasteiger partial charge on any atom is -0.385 e. The Balaban J connectivity index is 2.09. The van der Waals surface area contributed by atoms with E-state index in [1.54, 1.807) is 7.11 Å². The molecule has 0 atom stereocenters. The van der Waals surface area contributed by atoms with Crippen LogP contribution in [0.3, 0.4) is 0 Å². The van der Waals surface area contributed by atoms with Crippen molar-refractivity contribution >= 4 is 0 Å². The topological polar surface area (TPSA) is 48.3 Å². The van der Waals surface area contributed by atoms with Crippen molar-refractivity contribution in [2.75, 3.05) is 33.5 Å². The van der Waals surface area contributed by atoms with Crippen molar-refractivity contribution in [3.63, 3.8) is 0 Å². The van der Waals surface area contributed by atoms with Gasteiger partial charge in [-0.05, 0) is 18.9 Å². The summed E-state index contributed by atoms with van der Waals surface area (Å²) in [6.45, 7) is 9.35. The number of imidazole rings is 1. The molecule has 19 heavy (non-hydrogen) atoms. The van der Waals surface area contributed by atoms with Gasteiger partial charge in [0, 0.05) is 39.6 Å². The fourth-order valence-corrected chi connectivity index (χ4v) is 1.69. The number of nitrogens with one attached hydrogen (secondary N) is 1. The third-order valence-electron chi connectivity index (χ3n) is 2.68. The second kappa shape index (κ2) is 9.95. The number of hydrogen-bond donors (Lipinski definition) is 1. The summed E-state index contributed by atoms with van der Waals surface area (Å²) >= 11 is 0. The van der Waals surface area contributed by atoms with Gasteiger partial charge in [-0.1, -0.05) is 13.8 Å². The molecular formula is C14H27N3O2. The van der Waals surface area contributed by atoms with Gasteiger partial charge in [0.2, 0.25) is 0 Å². The molecule has 0 saturated carbocycles. The first-order valence-corrected chi connectivity index (χ1v) is 7.00. The summed E-state index contributed by atoms with van der Waals surface area (Å²) in [5, 5.41) is 3.38. The Hall–Kier alpha value is -0.910. The summed E-state index contributed by atoms with van der Waals surface area (Å²) in [7, 11) is 1.71. The summed E-state index contributed by atoms with van der Waals surface area (Å²) in [5.74, 6) is 0.669. The normalized spacial score (nSPS) is 11.4. The molecule has 0 aromatic carbocycles. The van der Waals surface area contributed by atoms with Crippen LogP contribution in [0, 0.1) is 5.92 Å². The summed E-state index contributed by atoms with van der Waals surface area (Å²) in [6.07, 6.45) is 4.89. The van der Waals surface area contributed by atoms with Gasteiger partial charge in [-0.15, -0.1) is 0 Å². The van der Waals surface area contributed by atoms with E-state index in [1.165, 1.54) is 0 Å². The van der Waals surface area contributed by atoms with E-state index in [0.717, 1.165) is 51.6 Å². The van der Waals surface area contributed by atoms with E-state index in [2.05, 4.69) is 34.9 Å². The van der Waals surface area contributed by atoms with Crippen LogP contribution in [0.5, 0.6) is 0 Å². The zero-order chi connectivity index (χ0) is 13.9. The van der Waals surface area contributed by atoms with Crippen LogP contribution < -0.4 is 5.32 Å². The van der Waals surface area contributed by atoms with E-state index in [0.29, 0.717) is 5.92 Å². The molecule has 0 unspecified atom stereocenters. The second-order valence-corrected chi connectivity index (χ2v) is 5.09. The predicted molar refractivity (Wildman–Crippen MR) is 76.1 cm³/mol. The SMILES string of the molecule is COCCCOCCn1cnc(CNCC(C)C)c1. The van der Waals surface area contributed by atoms with Crippen molar-refractivity contribution in [3.05, 3.63) is 18.2 Å². The smallest absolute Gasteiger partial charge is 0.0950 e. The van der Waals surface area contributed by atoms with Crippen molar-refractivity contribution in [1.29, 1.82) is 0 Å². The molecule has 0 fully saturated rings. The highest BCUT2D eigenvalue weighted by Gasteiger charge is 1.99. The molecule has 1 aromatic rings. The van der Waals surface area contributed by atoms with Gasteiger partial charge < -0.3 is 19.4 Å². The van der Waals surface area contributed by atoms with Gasteiger partial charge in [-0.2, -0.15) is 0 Å². The average Bonchev–Trinajstić information content (AvgIpc) is 2.81. The minimum atomic E-state index is 0.669. The molecule has 0 bridgehead atoms. The van der Waals surface area contributed by atoms with Crippen molar-refractivity contribution < 1.29 is 9.47 Å². The Morgan fingerprint density at radius 1 is 1.32 bits per heavy atom. The van der Waals surface area contributed by atoms with Crippen LogP contribution >= 0.6 is 0 Å². The van der Waals surface area contributed by atoms with Crippen molar-refractivity contribution in [2.45, 2.75) is 33.4 Å². The Morgan fingerprint density at radius 2 is 2.16 bits per heavy atom. The zero-order valence-corrected chi connectivity index (χ0v) is 12.4. The first-order valence-electron chi connectivity index (χ1n) is 7.00. The number of aromatic nitrogens is 2. The molecule has 5 heteroatoms. The van der Waals surface area contributed by atoms with Crippen LogP contribution in [0.25, 0.3) is 0 Å². The van der Waals surface area contributed by atoms with E-state index in [-0.39, 0.29) is 0 Å². The molecule has 0 aliphatic carbocycles. The molecule has 1 rings (SSSR count). The van der Waals surface area contributed by atoms with Crippen LogP contribution in [-0.4, -0.2) is 43.0 Å². The van der Waals surface area contributed by atoms with Crippen LogP contribution in [0.2, 0.25) is 0 Å². The molecule has 0 saturated heterocycles. The first kappa shape index (κ1) is 16.1. The summed E-state index contributed by atoms with van der Waals surface area (Å²) in [5.41, 5.74) is 1.08. The van der Waals surface area contributed by atoms with E-state index < -0.39 is 0 Å². The number of hydrogen-bond acceptors (Lipinski definition) is 4. The number of ether oxygens (including phenoxy) is 2. The van der Waals surface area contributed by atoms with E-state index in [4.69, 9.17) is 9.47 Å². The molecule has 0 aliphatic heterocycles. The zero-order valence-electron chi connectivity index (χ0n) is 12.4. The van der Waals surface area contributed by atoms with Crippen LogP contribution in [0.1, 0.15) is 26.0 Å². The van der Waals surface area contributed by atoms with Crippen LogP contribution in [-0.2, 0) is 22.6 Å². The number of nitrogens with zero attached hydrogens (tertiary/aromatic N) is 2. The Labute approximate surface area is 116 Å². The second-order valence-electron chi connectivity index (χ2n) is 5.09. The monoisotopic (exact) mass is 269 g/mol. The highest BCUT2D eigenvalue weighted by molar-refractivity contribution is 4.96. The van der Waals surface area contributed by atoms with Gasteiger partial charge in [0.25, 0.3) is 0 Å². The van der Waals surface area contributed by atoms with Gasteiger partial charge in [0.05, 0.1) is 18.6 Å². The van der Waals surface area contributed by atoms with Gasteiger partial charge in [-0.3, -0.25) is 0 Å². The molecule has 0 amide bonds. The maximum atomic E-state index is 5.52. The third kappa shape index (κ3) is 7.97. The molecule has 1 aromatic heterocycles. The molecular weight excluding hydrogens is 242 g/mol. The largest absolute Gasteiger partial charge is 0.385 e. The lowest BCUT2D eigenvalue weighted by Crippen LogP contribution is -2.19. The van der Waals surface area contributed by atoms with Gasteiger partial charge in [-0.25, -0.2) is 4.98 Å². The Bertz CT molecular complexity index is 326. The summed E-state index contributed by atoms with van der Waals surface area (Å²) in [4.78, 5) is 4.37. The summed E-state index contributed by atoms with van der Waals surface area (Å²) in [6, 6.07) is 0. The Morgan fingerprint density at radius 3 is 2.89 bits per heavy atom.